The van der Waals surface area contributed by atoms with Crippen LogP contribution in [0.1, 0.15) is 11.1 Å². The van der Waals surface area contributed by atoms with Crippen molar-refractivity contribution in [2.24, 2.45) is 0 Å². The molecule has 20 heavy (non-hydrogen) atoms. The molecule has 104 valence electrons. The lowest BCUT2D eigenvalue weighted by Crippen LogP contribution is -2.03. The molecule has 0 unspecified atom stereocenters. The van der Waals surface area contributed by atoms with Gasteiger partial charge in [0.1, 0.15) is 5.82 Å². The van der Waals surface area contributed by atoms with Crippen LogP contribution in [0.2, 0.25) is 5.02 Å². The van der Waals surface area contributed by atoms with Crippen molar-refractivity contribution in [1.29, 1.82) is 0 Å². The van der Waals surface area contributed by atoms with Gasteiger partial charge in [-0.15, -0.1) is 0 Å². The second kappa shape index (κ2) is 5.88. The number of rotatable bonds is 4. The maximum atomic E-state index is 13.6. The van der Waals surface area contributed by atoms with Crippen LogP contribution < -0.4 is 5.32 Å². The number of nitro benzene ring substituents is 1. The molecule has 0 saturated carbocycles. The molecule has 4 nitrogen and oxygen atoms in total. The Bertz CT molecular complexity index is 662. The summed E-state index contributed by atoms with van der Waals surface area (Å²) in [6.45, 7) is 2.01. The second-order valence-corrected chi connectivity index (χ2v) is 4.78. The molecular weight excluding hydrogens is 283 g/mol. The molecular formula is C14H12ClFN2O2. The van der Waals surface area contributed by atoms with Crippen molar-refractivity contribution in [3.05, 3.63) is 68.5 Å². The number of nitro groups is 1. The maximum absolute atomic E-state index is 13.6. The fourth-order valence-electron chi connectivity index (χ4n) is 1.83. The minimum absolute atomic E-state index is 0.0296. The van der Waals surface area contributed by atoms with Crippen LogP contribution >= 0.6 is 11.6 Å². The molecule has 0 radical (unpaired) electrons. The highest BCUT2D eigenvalue weighted by atomic mass is 35.5. The Morgan fingerprint density at radius 1 is 1.30 bits per heavy atom. The summed E-state index contributed by atoms with van der Waals surface area (Å²) in [5.41, 5.74) is 1.91. The Labute approximate surface area is 120 Å². The largest absolute Gasteiger partial charge is 0.381 e. The van der Waals surface area contributed by atoms with Crippen LogP contribution in [0, 0.1) is 22.9 Å². The number of aryl methyl sites for hydroxylation is 1. The monoisotopic (exact) mass is 294 g/mol. The van der Waals surface area contributed by atoms with E-state index in [2.05, 4.69) is 5.32 Å². The molecule has 0 aliphatic rings. The average molecular weight is 295 g/mol. The van der Waals surface area contributed by atoms with Gasteiger partial charge in [0.05, 0.1) is 4.92 Å². The van der Waals surface area contributed by atoms with E-state index in [0.717, 1.165) is 11.3 Å². The number of nitrogens with zero attached hydrogens (tertiary/aromatic N) is 1. The van der Waals surface area contributed by atoms with Crippen LogP contribution in [0.4, 0.5) is 15.8 Å². The molecule has 0 spiro atoms. The lowest BCUT2D eigenvalue weighted by molar-refractivity contribution is -0.384. The zero-order chi connectivity index (χ0) is 14.7. The predicted octanol–water partition coefficient (Wildman–Crippen LogP) is 4.31. The van der Waals surface area contributed by atoms with E-state index < -0.39 is 4.92 Å². The molecule has 0 heterocycles. The van der Waals surface area contributed by atoms with Gasteiger partial charge in [0, 0.05) is 35.0 Å². The highest BCUT2D eigenvalue weighted by Crippen LogP contribution is 2.22. The smallest absolute Gasteiger partial charge is 0.269 e. The van der Waals surface area contributed by atoms with Crippen molar-refractivity contribution in [2.75, 3.05) is 5.32 Å². The van der Waals surface area contributed by atoms with Crippen molar-refractivity contribution >= 4 is 23.0 Å². The number of halogens is 2. The van der Waals surface area contributed by atoms with Crippen LogP contribution in [-0.4, -0.2) is 4.92 Å². The fraction of sp³-hybridized carbons (Fsp3) is 0.143. The molecule has 1 N–H and O–H groups in total. The molecule has 2 rings (SSSR count). The molecule has 0 saturated heterocycles. The summed E-state index contributed by atoms with van der Waals surface area (Å²) in [5.74, 6) is -0.346. The van der Waals surface area contributed by atoms with E-state index in [1.54, 1.807) is 19.1 Å². The molecule has 0 aliphatic carbocycles. The molecule has 0 atom stereocenters. The molecule has 2 aromatic rings. The van der Waals surface area contributed by atoms with Crippen LogP contribution in [-0.2, 0) is 6.54 Å². The normalized spacial score (nSPS) is 10.3. The number of non-ortho nitro benzene ring substituents is 1. The fourth-order valence-corrected chi connectivity index (χ4v) is 2.02. The van der Waals surface area contributed by atoms with Gasteiger partial charge in [0.15, 0.2) is 0 Å². The van der Waals surface area contributed by atoms with Crippen LogP contribution in [0.15, 0.2) is 36.4 Å². The minimum atomic E-state index is -0.451. The van der Waals surface area contributed by atoms with Gasteiger partial charge < -0.3 is 5.32 Å². The standard InChI is InChI=1S/C14H12ClFN2O2/c1-9-6-12(18(19)20)3-5-14(9)17-8-10-7-11(15)2-4-13(10)16/h2-7,17H,8H2,1H3. The van der Waals surface area contributed by atoms with Crippen LogP contribution in [0.5, 0.6) is 0 Å². The van der Waals surface area contributed by atoms with Crippen molar-refractivity contribution in [3.8, 4) is 0 Å². The van der Waals surface area contributed by atoms with E-state index in [0.29, 0.717) is 10.6 Å². The highest BCUT2D eigenvalue weighted by molar-refractivity contribution is 6.30. The molecule has 0 bridgehead atoms. The summed E-state index contributed by atoms with van der Waals surface area (Å²) in [4.78, 5) is 10.2. The Morgan fingerprint density at radius 3 is 2.70 bits per heavy atom. The van der Waals surface area contributed by atoms with E-state index in [-0.39, 0.29) is 18.0 Å². The van der Waals surface area contributed by atoms with Gasteiger partial charge in [0.25, 0.3) is 5.69 Å². The first-order valence-electron chi connectivity index (χ1n) is 5.90. The summed E-state index contributed by atoms with van der Waals surface area (Å²) in [7, 11) is 0. The minimum Gasteiger partial charge on any atom is -0.381 e. The Hall–Kier alpha value is -2.14. The lowest BCUT2D eigenvalue weighted by Gasteiger charge is -2.10. The zero-order valence-electron chi connectivity index (χ0n) is 10.7. The van der Waals surface area contributed by atoms with Gasteiger partial charge in [-0.2, -0.15) is 0 Å². The number of anilines is 1. The third-order valence-corrected chi connectivity index (χ3v) is 3.13. The quantitative estimate of drug-likeness (QED) is 0.675. The van der Waals surface area contributed by atoms with E-state index in [1.165, 1.54) is 24.3 Å². The summed E-state index contributed by atoms with van der Waals surface area (Å²) >= 11 is 5.82. The van der Waals surface area contributed by atoms with Gasteiger partial charge >= 0.3 is 0 Å². The van der Waals surface area contributed by atoms with Crippen molar-refractivity contribution in [2.45, 2.75) is 13.5 Å². The zero-order valence-corrected chi connectivity index (χ0v) is 11.4. The summed E-state index contributed by atoms with van der Waals surface area (Å²) < 4.78 is 13.6. The van der Waals surface area contributed by atoms with Crippen LogP contribution in [0.3, 0.4) is 0 Å². The van der Waals surface area contributed by atoms with E-state index in [4.69, 9.17) is 11.6 Å². The second-order valence-electron chi connectivity index (χ2n) is 4.35. The van der Waals surface area contributed by atoms with Crippen LogP contribution in [0.25, 0.3) is 0 Å². The van der Waals surface area contributed by atoms with E-state index in [1.807, 2.05) is 0 Å². The molecule has 0 aliphatic heterocycles. The molecule has 2 aromatic carbocycles. The van der Waals surface area contributed by atoms with Crippen molar-refractivity contribution in [1.82, 2.24) is 0 Å². The van der Waals surface area contributed by atoms with Gasteiger partial charge in [-0.1, -0.05) is 11.6 Å². The number of hydrogen-bond donors (Lipinski definition) is 1. The van der Waals surface area contributed by atoms with Gasteiger partial charge in [-0.05, 0) is 36.8 Å². The molecule has 0 fully saturated rings. The maximum Gasteiger partial charge on any atom is 0.269 e. The van der Waals surface area contributed by atoms with E-state index >= 15 is 0 Å². The Balaban J connectivity index is 2.15. The number of benzene rings is 2. The average Bonchev–Trinajstić information content (AvgIpc) is 2.40. The Morgan fingerprint density at radius 2 is 2.05 bits per heavy atom. The van der Waals surface area contributed by atoms with Crippen molar-refractivity contribution < 1.29 is 9.31 Å². The SMILES string of the molecule is Cc1cc([N+](=O)[O-])ccc1NCc1cc(Cl)ccc1F. The summed E-state index contributed by atoms with van der Waals surface area (Å²) in [5, 5.41) is 14.2. The van der Waals surface area contributed by atoms with E-state index in [9.17, 15) is 14.5 Å². The van der Waals surface area contributed by atoms with Gasteiger partial charge in [-0.3, -0.25) is 10.1 Å². The number of hydrogen-bond acceptors (Lipinski definition) is 3. The lowest BCUT2D eigenvalue weighted by atomic mass is 10.1. The molecule has 6 heteroatoms. The third kappa shape index (κ3) is 3.24. The van der Waals surface area contributed by atoms with Gasteiger partial charge in [0.2, 0.25) is 0 Å². The highest BCUT2D eigenvalue weighted by Gasteiger charge is 2.09. The van der Waals surface area contributed by atoms with Gasteiger partial charge in [-0.25, -0.2) is 4.39 Å². The molecule has 0 aromatic heterocycles. The first kappa shape index (κ1) is 14.3. The summed E-state index contributed by atoms with van der Waals surface area (Å²) in [6.07, 6.45) is 0. The first-order valence-corrected chi connectivity index (χ1v) is 6.28. The first-order chi connectivity index (χ1) is 9.47. The predicted molar refractivity (Wildman–Crippen MR) is 76.6 cm³/mol. The Kier molecular flexibility index (Phi) is 4.20. The number of nitrogens with one attached hydrogen (secondary N) is 1. The molecule has 0 amide bonds. The summed E-state index contributed by atoms with van der Waals surface area (Å²) in [6, 6.07) is 8.82. The third-order valence-electron chi connectivity index (χ3n) is 2.90. The van der Waals surface area contributed by atoms with Crippen molar-refractivity contribution in [3.63, 3.8) is 0 Å². The topological polar surface area (TPSA) is 55.2 Å².